The second-order valence-corrected chi connectivity index (χ2v) is 8.91. The Balaban J connectivity index is 0.000000260. The number of halogens is 4. The average Bonchev–Trinajstić information content (AvgIpc) is 3.08. The van der Waals surface area contributed by atoms with Crippen LogP contribution in [0.3, 0.4) is 0 Å². The first-order valence-corrected chi connectivity index (χ1v) is 12.5. The van der Waals surface area contributed by atoms with Crippen LogP contribution in [0.15, 0.2) is 41.3 Å². The van der Waals surface area contributed by atoms with E-state index in [4.69, 9.17) is 43.9 Å². The number of nitrogens with two attached hydrogens (primary N) is 1. The van der Waals surface area contributed by atoms with E-state index in [0.717, 1.165) is 43.0 Å². The Labute approximate surface area is 222 Å². The van der Waals surface area contributed by atoms with E-state index in [0.29, 0.717) is 22.7 Å². The van der Waals surface area contributed by atoms with Crippen molar-refractivity contribution >= 4 is 40.7 Å². The molecule has 5 N–H and O–H groups in total. The predicted molar refractivity (Wildman–Crippen MR) is 136 cm³/mol. The van der Waals surface area contributed by atoms with Gasteiger partial charge in [-0.3, -0.25) is 9.36 Å². The van der Waals surface area contributed by atoms with Crippen LogP contribution in [0.5, 0.6) is 0 Å². The Hall–Kier alpha value is -2.51. The summed E-state index contributed by atoms with van der Waals surface area (Å²) in [6, 6.07) is 9.29. The normalized spacial score (nSPS) is 20.2. The Morgan fingerprint density at radius 2 is 1.81 bits per heavy atom. The maximum absolute atomic E-state index is 13.7. The SMILES string of the molecule is Nc1ccn([C@@H]2O[C@H](CO)[C@@H](O)C2(F)F)c(=O)n1.O=C(O)CCCc1ccc(N(CCCl)CCCl)cc1. The van der Waals surface area contributed by atoms with Gasteiger partial charge in [0.15, 0.2) is 6.10 Å². The highest BCUT2D eigenvalue weighted by Gasteiger charge is 2.59. The summed E-state index contributed by atoms with van der Waals surface area (Å²) in [5, 5.41) is 26.7. The number of carboxylic acid groups (broad SMARTS) is 1. The van der Waals surface area contributed by atoms with Crippen LogP contribution in [-0.4, -0.2) is 80.4 Å². The molecule has 1 fully saturated rings. The van der Waals surface area contributed by atoms with Crippen molar-refractivity contribution in [3.63, 3.8) is 0 Å². The molecule has 0 radical (unpaired) electrons. The Morgan fingerprint density at radius 1 is 1.19 bits per heavy atom. The molecule has 0 unspecified atom stereocenters. The van der Waals surface area contributed by atoms with Crippen LogP contribution in [0.1, 0.15) is 24.6 Å². The van der Waals surface area contributed by atoms with Gasteiger partial charge in [0.25, 0.3) is 0 Å². The molecule has 0 spiro atoms. The highest BCUT2D eigenvalue weighted by atomic mass is 35.5. The molecule has 37 heavy (non-hydrogen) atoms. The van der Waals surface area contributed by atoms with Crippen molar-refractivity contribution in [3.05, 3.63) is 52.6 Å². The van der Waals surface area contributed by atoms with E-state index >= 15 is 0 Å². The minimum absolute atomic E-state index is 0.114. The van der Waals surface area contributed by atoms with Crippen molar-refractivity contribution in [1.82, 2.24) is 9.55 Å². The fraction of sp³-hybridized carbons (Fsp3) is 0.522. The lowest BCUT2D eigenvalue weighted by atomic mass is 10.1. The molecule has 0 saturated carbocycles. The molecule has 0 bridgehead atoms. The monoisotopic (exact) mass is 566 g/mol. The van der Waals surface area contributed by atoms with Gasteiger partial charge in [0.05, 0.1) is 6.61 Å². The molecule has 3 atom stereocenters. The number of carboxylic acids is 1. The quantitative estimate of drug-likeness (QED) is 0.299. The molecule has 0 aliphatic carbocycles. The van der Waals surface area contributed by atoms with Crippen LogP contribution >= 0.6 is 23.2 Å². The van der Waals surface area contributed by atoms with Crippen LogP contribution in [-0.2, 0) is 16.0 Å². The minimum atomic E-state index is -3.71. The van der Waals surface area contributed by atoms with Crippen molar-refractivity contribution in [1.29, 1.82) is 0 Å². The van der Waals surface area contributed by atoms with E-state index in [2.05, 4.69) is 9.88 Å². The first kappa shape index (κ1) is 30.7. The number of aromatic nitrogens is 2. The second kappa shape index (κ2) is 14.4. The largest absolute Gasteiger partial charge is 0.481 e. The summed E-state index contributed by atoms with van der Waals surface area (Å²) in [7, 11) is 0. The molecular weight excluding hydrogens is 537 g/mol. The minimum Gasteiger partial charge on any atom is -0.481 e. The highest BCUT2D eigenvalue weighted by molar-refractivity contribution is 6.18. The summed E-state index contributed by atoms with van der Waals surface area (Å²) in [4.78, 5) is 27.3. The number of nitrogens with zero attached hydrogens (tertiary/aromatic N) is 3. The number of aliphatic hydroxyl groups is 2. The van der Waals surface area contributed by atoms with Gasteiger partial charge in [0.1, 0.15) is 11.9 Å². The molecule has 0 amide bonds. The third kappa shape index (κ3) is 8.50. The van der Waals surface area contributed by atoms with E-state index in [9.17, 15) is 23.5 Å². The zero-order valence-corrected chi connectivity index (χ0v) is 21.4. The number of benzene rings is 1. The van der Waals surface area contributed by atoms with E-state index in [1.165, 1.54) is 0 Å². The van der Waals surface area contributed by atoms with Crippen molar-refractivity contribution < 1.29 is 33.6 Å². The number of hydrogen-bond donors (Lipinski definition) is 4. The molecule has 3 rings (SSSR count). The number of carbonyl (C=O) groups is 1. The summed E-state index contributed by atoms with van der Waals surface area (Å²) >= 11 is 11.5. The van der Waals surface area contributed by atoms with Crippen molar-refractivity contribution in [3.8, 4) is 0 Å². The molecule has 1 saturated heterocycles. The number of aryl methyl sites for hydroxylation is 1. The number of anilines is 2. The highest BCUT2D eigenvalue weighted by Crippen LogP contribution is 2.41. The van der Waals surface area contributed by atoms with Crippen LogP contribution in [0, 0.1) is 0 Å². The third-order valence-electron chi connectivity index (χ3n) is 5.53. The fourth-order valence-electron chi connectivity index (χ4n) is 3.61. The van der Waals surface area contributed by atoms with Crippen molar-refractivity contribution in [2.45, 2.75) is 43.6 Å². The number of nitrogen functional groups attached to an aromatic ring is 1. The Morgan fingerprint density at radius 3 is 2.30 bits per heavy atom. The summed E-state index contributed by atoms with van der Waals surface area (Å²) in [6.07, 6.45) is -3.02. The lowest BCUT2D eigenvalue weighted by molar-refractivity contribution is -0.141. The van der Waals surface area contributed by atoms with Gasteiger partial charge in [-0.05, 0) is 36.6 Å². The van der Waals surface area contributed by atoms with Crippen molar-refractivity contribution in [2.75, 3.05) is 42.1 Å². The standard InChI is InChI=1S/C14H19Cl2NO2.C9H11F2N3O4/c15-8-10-17(11-9-16)13-6-4-12(5-7-13)2-1-3-14(18)19;10-9(11)6(16)4(3-15)18-7(9)14-2-1-5(12)13-8(14)17/h4-7H,1-3,8-11H2,(H,18,19);1-2,4,6-7,15-16H,3H2,(H2,12,13,17)/t;4-,6-,7-/m.1/s1. The molecule has 206 valence electrons. The zero-order chi connectivity index (χ0) is 27.6. The van der Waals surface area contributed by atoms with E-state index in [-0.39, 0.29) is 12.2 Å². The van der Waals surface area contributed by atoms with Crippen LogP contribution in [0.25, 0.3) is 0 Å². The van der Waals surface area contributed by atoms with Gasteiger partial charge < -0.3 is 30.7 Å². The molecule has 2 heterocycles. The number of rotatable bonds is 11. The van der Waals surface area contributed by atoms with Gasteiger partial charge in [0.2, 0.25) is 6.23 Å². The second-order valence-electron chi connectivity index (χ2n) is 8.15. The zero-order valence-electron chi connectivity index (χ0n) is 19.9. The van der Waals surface area contributed by atoms with Gasteiger partial charge in [-0.2, -0.15) is 13.8 Å². The number of alkyl halides is 4. The van der Waals surface area contributed by atoms with Gasteiger partial charge >= 0.3 is 17.6 Å². The number of aliphatic hydroxyl groups excluding tert-OH is 2. The molecule has 1 aromatic heterocycles. The first-order valence-electron chi connectivity index (χ1n) is 11.4. The summed E-state index contributed by atoms with van der Waals surface area (Å²) in [5.41, 5.74) is 6.46. The molecule has 14 heteroatoms. The fourth-order valence-corrected chi connectivity index (χ4v) is 4.02. The molecular formula is C23H30Cl2F2N4O6. The maximum Gasteiger partial charge on any atom is 0.351 e. The van der Waals surface area contributed by atoms with Crippen molar-refractivity contribution in [2.24, 2.45) is 0 Å². The molecule has 2 aromatic rings. The van der Waals surface area contributed by atoms with Gasteiger partial charge in [-0.1, -0.05) is 12.1 Å². The lowest BCUT2D eigenvalue weighted by Gasteiger charge is -2.23. The predicted octanol–water partition coefficient (Wildman–Crippen LogP) is 2.09. The van der Waals surface area contributed by atoms with E-state index < -0.39 is 42.6 Å². The summed E-state index contributed by atoms with van der Waals surface area (Å²) in [5.74, 6) is -3.44. The smallest absolute Gasteiger partial charge is 0.351 e. The van der Waals surface area contributed by atoms with Gasteiger partial charge in [0, 0.05) is 43.2 Å². The maximum atomic E-state index is 13.7. The van der Waals surface area contributed by atoms with Crippen LogP contribution in [0.2, 0.25) is 0 Å². The Kier molecular flexibility index (Phi) is 12.0. The Bertz CT molecular complexity index is 1050. The van der Waals surface area contributed by atoms with Crippen LogP contribution < -0.4 is 16.3 Å². The number of aliphatic carboxylic acids is 1. The molecule has 1 aliphatic rings. The first-order chi connectivity index (χ1) is 17.5. The van der Waals surface area contributed by atoms with E-state index in [1.54, 1.807) is 0 Å². The summed E-state index contributed by atoms with van der Waals surface area (Å²) < 4.78 is 32.7. The van der Waals surface area contributed by atoms with Gasteiger partial charge in [-0.15, -0.1) is 23.2 Å². The third-order valence-corrected chi connectivity index (χ3v) is 5.87. The molecule has 1 aromatic carbocycles. The lowest BCUT2D eigenvalue weighted by Crippen LogP contribution is -2.41. The van der Waals surface area contributed by atoms with Crippen LogP contribution in [0.4, 0.5) is 20.3 Å². The number of hydrogen-bond acceptors (Lipinski definition) is 8. The average molecular weight is 567 g/mol. The van der Waals surface area contributed by atoms with Gasteiger partial charge in [-0.25, -0.2) is 4.79 Å². The topological polar surface area (TPSA) is 151 Å². The molecule has 1 aliphatic heterocycles. The van der Waals surface area contributed by atoms with E-state index in [1.807, 2.05) is 24.3 Å². The number of ether oxygens (including phenoxy) is 1. The summed E-state index contributed by atoms with van der Waals surface area (Å²) in [6.45, 7) is 0.754. The molecule has 10 nitrogen and oxygen atoms in total.